The highest BCUT2D eigenvalue weighted by atomic mass is 19.2. The van der Waals surface area contributed by atoms with Crippen molar-refractivity contribution in [1.29, 1.82) is 0 Å². The van der Waals surface area contributed by atoms with E-state index in [9.17, 15) is 13.6 Å². The molecule has 4 rings (SSSR count). The van der Waals surface area contributed by atoms with Crippen LogP contribution >= 0.6 is 0 Å². The summed E-state index contributed by atoms with van der Waals surface area (Å²) in [6, 6.07) is 10.2. The lowest BCUT2D eigenvalue weighted by Gasteiger charge is -2.27. The van der Waals surface area contributed by atoms with Crippen molar-refractivity contribution in [2.75, 3.05) is 13.2 Å². The molecule has 0 saturated heterocycles. The summed E-state index contributed by atoms with van der Waals surface area (Å²) in [6.45, 7) is 3.31. The molecule has 0 atom stereocenters. The number of carbonyl (C=O) groups is 1. The number of ether oxygens (including phenoxy) is 1. The summed E-state index contributed by atoms with van der Waals surface area (Å²) in [5, 5.41) is 1.09. The predicted octanol–water partition coefficient (Wildman–Crippen LogP) is 5.20. The maximum Gasteiger partial charge on any atom is 0.410 e. The minimum Gasteiger partial charge on any atom is -0.450 e. The average molecular weight is 400 g/mol. The van der Waals surface area contributed by atoms with Crippen LogP contribution in [0.2, 0.25) is 0 Å². The molecule has 3 aromatic rings. The highest BCUT2D eigenvalue weighted by molar-refractivity contribution is 5.87. The molecule has 1 aromatic heterocycles. The number of amides is 1. The smallest absolute Gasteiger partial charge is 0.410 e. The molecule has 154 valence electrons. The third kappa shape index (κ3) is 3.84. The SMILES string of the molecule is C.CCOC(=O)N1CCc2c(c3cc(Cc4ccc(F)c(F)c4)ccc3n2C)C1. The summed E-state index contributed by atoms with van der Waals surface area (Å²) in [6.07, 6.45) is 0.999. The van der Waals surface area contributed by atoms with Gasteiger partial charge in [-0.15, -0.1) is 0 Å². The lowest BCUT2D eigenvalue weighted by molar-refractivity contribution is 0.102. The second-order valence-corrected chi connectivity index (χ2v) is 7.13. The number of hydrogen-bond acceptors (Lipinski definition) is 2. The van der Waals surface area contributed by atoms with Crippen molar-refractivity contribution in [2.24, 2.45) is 7.05 Å². The van der Waals surface area contributed by atoms with Crippen LogP contribution in [0, 0.1) is 11.6 Å². The van der Waals surface area contributed by atoms with E-state index in [2.05, 4.69) is 16.7 Å². The average Bonchev–Trinajstić information content (AvgIpc) is 2.96. The number of fused-ring (bicyclic) bond motifs is 3. The number of rotatable bonds is 3. The quantitative estimate of drug-likeness (QED) is 0.606. The van der Waals surface area contributed by atoms with Crippen molar-refractivity contribution < 1.29 is 18.3 Å². The first-order valence-electron chi connectivity index (χ1n) is 9.42. The molecule has 2 heterocycles. The maximum absolute atomic E-state index is 13.5. The number of carbonyl (C=O) groups excluding carboxylic acids is 1. The number of halogens is 2. The van der Waals surface area contributed by atoms with E-state index >= 15 is 0 Å². The Balaban J connectivity index is 0.00000240. The van der Waals surface area contributed by atoms with E-state index in [-0.39, 0.29) is 13.5 Å². The van der Waals surface area contributed by atoms with Crippen molar-refractivity contribution in [3.8, 4) is 0 Å². The summed E-state index contributed by atoms with van der Waals surface area (Å²) in [7, 11) is 2.04. The molecule has 0 bridgehead atoms. The van der Waals surface area contributed by atoms with Gasteiger partial charge >= 0.3 is 6.09 Å². The van der Waals surface area contributed by atoms with E-state index in [1.165, 1.54) is 11.8 Å². The molecule has 1 amide bonds. The normalized spacial score (nSPS) is 13.2. The Labute approximate surface area is 169 Å². The van der Waals surface area contributed by atoms with Crippen molar-refractivity contribution in [3.63, 3.8) is 0 Å². The molecule has 1 aliphatic rings. The van der Waals surface area contributed by atoms with Crippen molar-refractivity contribution in [1.82, 2.24) is 9.47 Å². The third-order valence-corrected chi connectivity index (χ3v) is 5.39. The Bertz CT molecular complexity index is 1060. The fraction of sp³-hybridized carbons (Fsp3) is 0.348. The van der Waals surface area contributed by atoms with Gasteiger partial charge in [0.25, 0.3) is 0 Å². The first-order valence-corrected chi connectivity index (χ1v) is 9.42. The zero-order valence-corrected chi connectivity index (χ0v) is 16.0. The second-order valence-electron chi connectivity index (χ2n) is 7.13. The largest absolute Gasteiger partial charge is 0.450 e. The molecule has 0 saturated carbocycles. The highest BCUT2D eigenvalue weighted by Crippen LogP contribution is 2.31. The van der Waals surface area contributed by atoms with E-state index < -0.39 is 11.6 Å². The van der Waals surface area contributed by atoms with Gasteiger partial charge in [-0.25, -0.2) is 13.6 Å². The van der Waals surface area contributed by atoms with E-state index in [4.69, 9.17) is 4.74 Å². The first-order chi connectivity index (χ1) is 13.5. The molecule has 29 heavy (non-hydrogen) atoms. The predicted molar refractivity (Wildman–Crippen MR) is 110 cm³/mol. The molecule has 0 fully saturated rings. The second kappa shape index (κ2) is 8.23. The van der Waals surface area contributed by atoms with Crippen molar-refractivity contribution >= 4 is 17.0 Å². The number of hydrogen-bond donors (Lipinski definition) is 0. The molecular formula is C23H26F2N2O2. The van der Waals surface area contributed by atoms with Gasteiger partial charge in [0.2, 0.25) is 0 Å². The van der Waals surface area contributed by atoms with E-state index in [1.54, 1.807) is 17.9 Å². The van der Waals surface area contributed by atoms with Gasteiger partial charge in [-0.3, -0.25) is 0 Å². The summed E-state index contributed by atoms with van der Waals surface area (Å²) < 4.78 is 34.0. The van der Waals surface area contributed by atoms with Crippen LogP contribution < -0.4 is 0 Å². The van der Waals surface area contributed by atoms with Crippen LogP contribution in [-0.2, 0) is 31.2 Å². The molecule has 0 spiro atoms. The van der Waals surface area contributed by atoms with Crippen LogP contribution in [0.5, 0.6) is 0 Å². The zero-order chi connectivity index (χ0) is 19.8. The summed E-state index contributed by atoms with van der Waals surface area (Å²) in [5.41, 5.74) is 5.19. The maximum atomic E-state index is 13.5. The summed E-state index contributed by atoms with van der Waals surface area (Å²) in [4.78, 5) is 13.9. The Morgan fingerprint density at radius 1 is 1.10 bits per heavy atom. The van der Waals surface area contributed by atoms with Gasteiger partial charge in [-0.2, -0.15) is 0 Å². The van der Waals surface area contributed by atoms with Crippen LogP contribution in [0.25, 0.3) is 10.9 Å². The van der Waals surface area contributed by atoms with Gasteiger partial charge in [-0.05, 0) is 48.7 Å². The van der Waals surface area contributed by atoms with Gasteiger partial charge in [-0.1, -0.05) is 19.6 Å². The number of benzene rings is 2. The van der Waals surface area contributed by atoms with Gasteiger partial charge < -0.3 is 14.2 Å². The summed E-state index contributed by atoms with van der Waals surface area (Å²) in [5.74, 6) is -1.67. The van der Waals surface area contributed by atoms with Crippen LogP contribution in [0.15, 0.2) is 36.4 Å². The van der Waals surface area contributed by atoms with Crippen LogP contribution in [0.4, 0.5) is 13.6 Å². The monoisotopic (exact) mass is 400 g/mol. The Morgan fingerprint density at radius 2 is 1.83 bits per heavy atom. The zero-order valence-electron chi connectivity index (χ0n) is 16.0. The Kier molecular flexibility index (Phi) is 5.91. The molecular weight excluding hydrogens is 374 g/mol. The fourth-order valence-corrected chi connectivity index (χ4v) is 3.99. The van der Waals surface area contributed by atoms with Gasteiger partial charge in [0, 0.05) is 42.2 Å². The minimum atomic E-state index is -0.838. The number of aromatic nitrogens is 1. The Morgan fingerprint density at radius 3 is 2.55 bits per heavy atom. The van der Waals surface area contributed by atoms with E-state index in [0.717, 1.165) is 40.1 Å². The van der Waals surface area contributed by atoms with E-state index in [0.29, 0.717) is 26.1 Å². The van der Waals surface area contributed by atoms with Crippen molar-refractivity contribution in [3.05, 3.63) is 70.4 Å². The Hall–Kier alpha value is -2.89. The lowest BCUT2D eigenvalue weighted by Crippen LogP contribution is -2.36. The van der Waals surface area contributed by atoms with Gasteiger partial charge in [0.15, 0.2) is 11.6 Å². The van der Waals surface area contributed by atoms with E-state index in [1.807, 2.05) is 13.1 Å². The molecule has 6 heteroatoms. The van der Waals surface area contributed by atoms with Gasteiger partial charge in [0.1, 0.15) is 0 Å². The first kappa shape index (κ1) is 20.8. The van der Waals surface area contributed by atoms with Crippen LogP contribution in [-0.4, -0.2) is 28.7 Å². The molecule has 4 nitrogen and oxygen atoms in total. The highest BCUT2D eigenvalue weighted by Gasteiger charge is 2.26. The topological polar surface area (TPSA) is 34.5 Å². The van der Waals surface area contributed by atoms with Crippen molar-refractivity contribution in [2.45, 2.75) is 33.7 Å². The fourth-order valence-electron chi connectivity index (χ4n) is 3.99. The molecule has 0 radical (unpaired) electrons. The molecule has 1 aliphatic heterocycles. The summed E-state index contributed by atoms with van der Waals surface area (Å²) >= 11 is 0. The number of nitrogens with zero attached hydrogens (tertiary/aromatic N) is 2. The molecule has 0 unspecified atom stereocenters. The van der Waals surface area contributed by atoms with Crippen LogP contribution in [0.1, 0.15) is 36.7 Å². The molecule has 2 aromatic carbocycles. The van der Waals surface area contributed by atoms with Crippen LogP contribution in [0.3, 0.4) is 0 Å². The third-order valence-electron chi connectivity index (χ3n) is 5.39. The number of aryl methyl sites for hydroxylation is 1. The molecule has 0 N–H and O–H groups in total. The minimum absolute atomic E-state index is 0. The molecule has 0 aliphatic carbocycles. The lowest BCUT2D eigenvalue weighted by atomic mass is 10.00. The van der Waals surface area contributed by atoms with Gasteiger partial charge in [0.05, 0.1) is 13.2 Å². The standard InChI is InChI=1S/C22H22F2N2O2.CH4/c1-3-28-22(27)26-9-8-21-17(13-26)16-11-14(5-7-20(16)25(21)2)10-15-4-6-18(23)19(24)12-15;/h4-7,11-12H,3,8-10,13H2,1-2H3;1H4.